The van der Waals surface area contributed by atoms with E-state index in [0.717, 1.165) is 16.9 Å². The highest BCUT2D eigenvalue weighted by Gasteiger charge is 2.05. The number of hydrogen-bond acceptors (Lipinski definition) is 5. The highest BCUT2D eigenvalue weighted by molar-refractivity contribution is 5.80. The monoisotopic (exact) mass is 301 g/mol. The lowest BCUT2D eigenvalue weighted by Crippen LogP contribution is -2.09. The van der Waals surface area contributed by atoms with Crippen LogP contribution in [0.3, 0.4) is 0 Å². The van der Waals surface area contributed by atoms with Gasteiger partial charge in [0.15, 0.2) is 11.5 Å². The zero-order valence-corrected chi connectivity index (χ0v) is 12.7. The summed E-state index contributed by atoms with van der Waals surface area (Å²) < 4.78 is 16.5. The van der Waals surface area contributed by atoms with Gasteiger partial charge < -0.3 is 19.4 Å². The number of aryl methyl sites for hydroxylation is 1. The van der Waals surface area contributed by atoms with Crippen LogP contribution in [0.25, 0.3) is 0 Å². The second kappa shape index (κ2) is 7.93. The van der Waals surface area contributed by atoms with E-state index in [2.05, 4.69) is 5.16 Å². The van der Waals surface area contributed by atoms with Crippen molar-refractivity contribution >= 4 is 6.21 Å². The van der Waals surface area contributed by atoms with Crippen LogP contribution in [-0.4, -0.2) is 31.7 Å². The molecule has 1 N–H and O–H groups in total. The molecule has 0 heterocycles. The van der Waals surface area contributed by atoms with E-state index in [1.165, 1.54) is 6.21 Å². The minimum absolute atomic E-state index is 0.379. The van der Waals surface area contributed by atoms with Crippen LogP contribution < -0.4 is 14.2 Å². The van der Waals surface area contributed by atoms with Crippen molar-refractivity contribution in [2.45, 2.75) is 6.92 Å². The largest absolute Gasteiger partial charge is 0.493 e. The molecule has 0 aliphatic heterocycles. The maximum absolute atomic E-state index is 8.58. The van der Waals surface area contributed by atoms with Crippen molar-refractivity contribution in [1.29, 1.82) is 0 Å². The average molecular weight is 301 g/mol. The summed E-state index contributed by atoms with van der Waals surface area (Å²) in [6.45, 7) is 2.82. The van der Waals surface area contributed by atoms with E-state index in [9.17, 15) is 0 Å². The van der Waals surface area contributed by atoms with Crippen LogP contribution in [-0.2, 0) is 0 Å². The number of methoxy groups -OCH3 is 1. The molecule has 5 nitrogen and oxygen atoms in total. The molecule has 0 bridgehead atoms. The third-order valence-corrected chi connectivity index (χ3v) is 2.99. The van der Waals surface area contributed by atoms with Gasteiger partial charge in [-0.3, -0.25) is 0 Å². The number of nitrogens with zero attached hydrogens (tertiary/aromatic N) is 1. The molecule has 0 aromatic heterocycles. The van der Waals surface area contributed by atoms with Gasteiger partial charge in [0.05, 0.1) is 13.3 Å². The molecule has 0 saturated heterocycles. The third kappa shape index (κ3) is 4.41. The zero-order chi connectivity index (χ0) is 15.8. The van der Waals surface area contributed by atoms with Crippen molar-refractivity contribution in [3.8, 4) is 17.2 Å². The molecule has 0 fully saturated rings. The van der Waals surface area contributed by atoms with Crippen molar-refractivity contribution in [2.75, 3.05) is 20.3 Å². The minimum Gasteiger partial charge on any atom is -0.493 e. The molecule has 5 heteroatoms. The first-order valence-electron chi connectivity index (χ1n) is 6.90. The summed E-state index contributed by atoms with van der Waals surface area (Å²) >= 11 is 0. The predicted molar refractivity (Wildman–Crippen MR) is 84.5 cm³/mol. The normalized spacial score (nSPS) is 10.6. The molecule has 0 amide bonds. The fourth-order valence-electron chi connectivity index (χ4n) is 1.97. The first kappa shape index (κ1) is 15.7. The Balaban J connectivity index is 1.91. The molecule has 0 spiro atoms. The van der Waals surface area contributed by atoms with Gasteiger partial charge in [-0.25, -0.2) is 0 Å². The summed E-state index contributed by atoms with van der Waals surface area (Å²) in [5, 5.41) is 11.6. The molecule has 2 aromatic rings. The molecule has 0 aliphatic rings. The van der Waals surface area contributed by atoms with Crippen molar-refractivity contribution in [2.24, 2.45) is 5.16 Å². The van der Waals surface area contributed by atoms with E-state index in [1.807, 2.05) is 31.2 Å². The summed E-state index contributed by atoms with van der Waals surface area (Å²) in [5.41, 5.74) is 1.87. The van der Waals surface area contributed by atoms with Crippen molar-refractivity contribution in [1.82, 2.24) is 0 Å². The van der Waals surface area contributed by atoms with Gasteiger partial charge >= 0.3 is 0 Å². The van der Waals surface area contributed by atoms with Crippen LogP contribution in [0.15, 0.2) is 47.6 Å². The second-order valence-corrected chi connectivity index (χ2v) is 4.67. The fraction of sp³-hybridized carbons (Fsp3) is 0.235. The first-order chi connectivity index (χ1) is 10.7. The molecule has 0 radical (unpaired) electrons. The van der Waals surface area contributed by atoms with E-state index in [1.54, 1.807) is 25.3 Å². The molecule has 0 unspecified atom stereocenters. The Morgan fingerprint density at radius 2 is 1.86 bits per heavy atom. The van der Waals surface area contributed by atoms with E-state index in [4.69, 9.17) is 19.4 Å². The van der Waals surface area contributed by atoms with Gasteiger partial charge in [0.1, 0.15) is 19.0 Å². The van der Waals surface area contributed by atoms with E-state index < -0.39 is 0 Å². The second-order valence-electron chi connectivity index (χ2n) is 4.67. The van der Waals surface area contributed by atoms with E-state index in [0.29, 0.717) is 24.7 Å². The molecule has 116 valence electrons. The molecule has 0 atom stereocenters. The Labute approximate surface area is 129 Å². The zero-order valence-electron chi connectivity index (χ0n) is 12.7. The molecule has 22 heavy (non-hydrogen) atoms. The maximum Gasteiger partial charge on any atom is 0.161 e. The Bertz CT molecular complexity index is 640. The van der Waals surface area contributed by atoms with Crippen molar-refractivity contribution in [3.05, 3.63) is 53.6 Å². The molecule has 0 aliphatic carbocycles. The standard InChI is InChI=1S/C17H19NO4/c1-13-4-3-5-15(10-13)21-8-9-22-17-11-14(12-18-19)6-7-16(17)20-2/h3-7,10-12,19H,8-9H2,1-2H3. The van der Waals surface area contributed by atoms with Gasteiger partial charge in [-0.1, -0.05) is 17.3 Å². The summed E-state index contributed by atoms with van der Waals surface area (Å²) in [5.74, 6) is 2.01. The van der Waals surface area contributed by atoms with E-state index >= 15 is 0 Å². The molecular formula is C17H19NO4. The SMILES string of the molecule is COc1ccc(C=NO)cc1OCCOc1cccc(C)c1. The lowest BCUT2D eigenvalue weighted by molar-refractivity contribution is 0.211. The van der Waals surface area contributed by atoms with Crippen molar-refractivity contribution < 1.29 is 19.4 Å². The van der Waals surface area contributed by atoms with Gasteiger partial charge in [-0.15, -0.1) is 0 Å². The van der Waals surface area contributed by atoms with Gasteiger partial charge in [0.25, 0.3) is 0 Å². The number of rotatable bonds is 7. The highest BCUT2D eigenvalue weighted by atomic mass is 16.5. The summed E-state index contributed by atoms with van der Waals surface area (Å²) in [4.78, 5) is 0. The Morgan fingerprint density at radius 1 is 1.05 bits per heavy atom. The Kier molecular flexibility index (Phi) is 5.65. The average Bonchev–Trinajstić information content (AvgIpc) is 2.52. The topological polar surface area (TPSA) is 60.3 Å². The van der Waals surface area contributed by atoms with Gasteiger partial charge in [0, 0.05) is 5.56 Å². The molecule has 2 aromatic carbocycles. The number of oxime groups is 1. The number of ether oxygens (including phenoxy) is 3. The maximum atomic E-state index is 8.58. The Hall–Kier alpha value is -2.69. The summed E-state index contributed by atoms with van der Waals surface area (Å²) in [6.07, 6.45) is 1.33. The lowest BCUT2D eigenvalue weighted by atomic mass is 10.2. The predicted octanol–water partition coefficient (Wildman–Crippen LogP) is 3.27. The van der Waals surface area contributed by atoms with Crippen LogP contribution in [0.2, 0.25) is 0 Å². The highest BCUT2D eigenvalue weighted by Crippen LogP contribution is 2.27. The van der Waals surface area contributed by atoms with Gasteiger partial charge in [0.2, 0.25) is 0 Å². The van der Waals surface area contributed by atoms with Crippen molar-refractivity contribution in [3.63, 3.8) is 0 Å². The van der Waals surface area contributed by atoms with E-state index in [-0.39, 0.29) is 0 Å². The van der Waals surface area contributed by atoms with Gasteiger partial charge in [-0.05, 0) is 42.8 Å². The molecule has 2 rings (SSSR count). The molecular weight excluding hydrogens is 282 g/mol. The summed E-state index contributed by atoms with van der Waals surface area (Å²) in [6, 6.07) is 13.1. The van der Waals surface area contributed by atoms with Crippen LogP contribution in [0.5, 0.6) is 17.2 Å². The Morgan fingerprint density at radius 3 is 2.59 bits per heavy atom. The number of hydrogen-bond donors (Lipinski definition) is 1. The minimum atomic E-state index is 0.379. The lowest BCUT2D eigenvalue weighted by Gasteiger charge is -2.12. The van der Waals surface area contributed by atoms with Crippen LogP contribution in [0.1, 0.15) is 11.1 Å². The smallest absolute Gasteiger partial charge is 0.161 e. The fourth-order valence-corrected chi connectivity index (χ4v) is 1.97. The third-order valence-electron chi connectivity index (χ3n) is 2.99. The van der Waals surface area contributed by atoms with Crippen LogP contribution >= 0.6 is 0 Å². The first-order valence-corrected chi connectivity index (χ1v) is 6.90. The quantitative estimate of drug-likeness (QED) is 0.369. The summed E-state index contributed by atoms with van der Waals surface area (Å²) in [7, 11) is 1.57. The number of benzene rings is 2. The molecule has 0 saturated carbocycles. The van der Waals surface area contributed by atoms with Crippen LogP contribution in [0.4, 0.5) is 0 Å². The van der Waals surface area contributed by atoms with Crippen LogP contribution in [0, 0.1) is 6.92 Å². The van der Waals surface area contributed by atoms with Gasteiger partial charge in [-0.2, -0.15) is 0 Å².